The van der Waals surface area contributed by atoms with E-state index in [1.807, 2.05) is 11.6 Å². The summed E-state index contributed by atoms with van der Waals surface area (Å²) in [7, 11) is 0. The van der Waals surface area contributed by atoms with Crippen LogP contribution in [0.1, 0.15) is 68.8 Å². The summed E-state index contributed by atoms with van der Waals surface area (Å²) in [6, 6.07) is 11.0. The molecule has 3 N–H and O–H groups in total. The molecule has 0 radical (unpaired) electrons. The Kier molecular flexibility index (Phi) is 7.42. The van der Waals surface area contributed by atoms with Crippen LogP contribution >= 0.6 is 0 Å². The first-order valence-electron chi connectivity index (χ1n) is 12.0. The lowest BCUT2D eigenvalue weighted by Gasteiger charge is -2.39. The molecule has 4 rings (SSSR count). The minimum Gasteiger partial charge on any atom is -0.381 e. The van der Waals surface area contributed by atoms with E-state index in [1.165, 1.54) is 5.56 Å². The SMILES string of the molecule is CCNC(=NCC1(NC(C)c2ccccc2)CCOCC1)NC1CCCn2nc(C)nc21. The molecule has 0 spiro atoms. The topological polar surface area (TPSA) is 88.4 Å². The Balaban J connectivity index is 1.49. The first kappa shape index (κ1) is 22.7. The van der Waals surface area contributed by atoms with Crippen molar-refractivity contribution in [1.82, 2.24) is 30.7 Å². The summed E-state index contributed by atoms with van der Waals surface area (Å²) in [4.78, 5) is 9.71. The van der Waals surface area contributed by atoms with Crippen molar-refractivity contribution in [3.8, 4) is 0 Å². The van der Waals surface area contributed by atoms with E-state index in [1.54, 1.807) is 0 Å². The molecule has 174 valence electrons. The van der Waals surface area contributed by atoms with Crippen LogP contribution in [0.2, 0.25) is 0 Å². The summed E-state index contributed by atoms with van der Waals surface area (Å²) >= 11 is 0. The van der Waals surface area contributed by atoms with Crippen LogP contribution in [0.15, 0.2) is 35.3 Å². The molecule has 8 heteroatoms. The van der Waals surface area contributed by atoms with Gasteiger partial charge in [-0.3, -0.25) is 4.99 Å². The molecule has 0 saturated carbocycles. The van der Waals surface area contributed by atoms with Crippen molar-refractivity contribution in [2.45, 2.75) is 70.6 Å². The average Bonchev–Trinajstić information content (AvgIpc) is 3.20. The highest BCUT2D eigenvalue weighted by Gasteiger charge is 2.34. The van der Waals surface area contributed by atoms with Crippen LogP contribution in [0.3, 0.4) is 0 Å². The van der Waals surface area contributed by atoms with Crippen molar-refractivity contribution in [3.63, 3.8) is 0 Å². The third-order valence-corrected chi connectivity index (χ3v) is 6.45. The van der Waals surface area contributed by atoms with Gasteiger partial charge in [-0.2, -0.15) is 5.10 Å². The number of rotatable bonds is 7. The van der Waals surface area contributed by atoms with Crippen LogP contribution in [0.5, 0.6) is 0 Å². The molecule has 0 amide bonds. The number of aryl methyl sites for hydroxylation is 2. The Morgan fingerprint density at radius 2 is 2.06 bits per heavy atom. The lowest BCUT2D eigenvalue weighted by Crippen LogP contribution is -2.53. The first-order chi connectivity index (χ1) is 15.6. The lowest BCUT2D eigenvalue weighted by molar-refractivity contribution is 0.0374. The first-order valence-corrected chi connectivity index (χ1v) is 12.0. The molecular weight excluding hydrogens is 402 g/mol. The Labute approximate surface area is 191 Å². The Morgan fingerprint density at radius 1 is 1.28 bits per heavy atom. The molecule has 2 aliphatic rings. The Bertz CT molecular complexity index is 889. The molecule has 2 aromatic rings. The van der Waals surface area contributed by atoms with Crippen LogP contribution in [0.4, 0.5) is 0 Å². The fraction of sp³-hybridized carbons (Fsp3) is 0.625. The molecule has 1 fully saturated rings. The molecule has 3 heterocycles. The van der Waals surface area contributed by atoms with Gasteiger partial charge < -0.3 is 20.7 Å². The van der Waals surface area contributed by atoms with Gasteiger partial charge in [0.05, 0.1) is 12.6 Å². The van der Waals surface area contributed by atoms with Crippen molar-refractivity contribution in [2.24, 2.45) is 4.99 Å². The summed E-state index contributed by atoms with van der Waals surface area (Å²) in [5.74, 6) is 2.68. The Morgan fingerprint density at radius 3 is 2.81 bits per heavy atom. The van der Waals surface area contributed by atoms with Gasteiger partial charge in [0.1, 0.15) is 11.6 Å². The van der Waals surface area contributed by atoms with Gasteiger partial charge in [0.2, 0.25) is 0 Å². The number of fused-ring (bicyclic) bond motifs is 1. The number of aliphatic imine (C=N–C) groups is 1. The van der Waals surface area contributed by atoms with Crippen LogP contribution in [0, 0.1) is 6.92 Å². The van der Waals surface area contributed by atoms with Gasteiger partial charge in [-0.1, -0.05) is 30.3 Å². The van der Waals surface area contributed by atoms with Crippen LogP contribution < -0.4 is 16.0 Å². The van der Waals surface area contributed by atoms with Crippen molar-refractivity contribution in [3.05, 3.63) is 47.5 Å². The quantitative estimate of drug-likeness (QED) is 0.454. The largest absolute Gasteiger partial charge is 0.381 e. The van der Waals surface area contributed by atoms with E-state index in [0.717, 1.165) is 69.6 Å². The van der Waals surface area contributed by atoms with Crippen LogP contribution in [0.25, 0.3) is 0 Å². The van der Waals surface area contributed by atoms with Crippen LogP contribution in [-0.2, 0) is 11.3 Å². The van der Waals surface area contributed by atoms with Crippen LogP contribution in [-0.4, -0.2) is 52.6 Å². The third kappa shape index (κ3) is 5.48. The molecule has 8 nitrogen and oxygen atoms in total. The van der Waals surface area contributed by atoms with Gasteiger partial charge in [-0.05, 0) is 52.0 Å². The van der Waals surface area contributed by atoms with Gasteiger partial charge in [-0.25, -0.2) is 9.67 Å². The zero-order valence-electron chi connectivity index (χ0n) is 19.6. The highest BCUT2D eigenvalue weighted by molar-refractivity contribution is 5.80. The second-order valence-electron chi connectivity index (χ2n) is 8.94. The van der Waals surface area contributed by atoms with Crippen molar-refractivity contribution >= 4 is 5.96 Å². The van der Waals surface area contributed by atoms with E-state index in [9.17, 15) is 0 Å². The molecular formula is C24H37N7O. The zero-order valence-corrected chi connectivity index (χ0v) is 19.6. The fourth-order valence-electron chi connectivity index (χ4n) is 4.72. The van der Waals surface area contributed by atoms with E-state index in [-0.39, 0.29) is 17.6 Å². The highest BCUT2D eigenvalue weighted by Crippen LogP contribution is 2.26. The predicted octanol–water partition coefficient (Wildman–Crippen LogP) is 2.88. The van der Waals surface area contributed by atoms with E-state index < -0.39 is 0 Å². The van der Waals surface area contributed by atoms with Crippen molar-refractivity contribution in [1.29, 1.82) is 0 Å². The molecule has 0 bridgehead atoms. The molecule has 2 unspecified atom stereocenters. The smallest absolute Gasteiger partial charge is 0.191 e. The zero-order chi connectivity index (χ0) is 22.4. The van der Waals surface area contributed by atoms with E-state index in [0.29, 0.717) is 6.54 Å². The molecule has 1 aromatic carbocycles. The summed E-state index contributed by atoms with van der Waals surface area (Å²) in [5.41, 5.74) is 1.21. The van der Waals surface area contributed by atoms with E-state index in [2.05, 4.69) is 70.2 Å². The molecule has 1 aromatic heterocycles. The number of hydrogen-bond donors (Lipinski definition) is 3. The highest BCUT2D eigenvalue weighted by atomic mass is 16.5. The van der Waals surface area contributed by atoms with Gasteiger partial charge in [0.25, 0.3) is 0 Å². The van der Waals surface area contributed by atoms with Gasteiger partial charge in [-0.15, -0.1) is 0 Å². The monoisotopic (exact) mass is 439 g/mol. The van der Waals surface area contributed by atoms with E-state index in [4.69, 9.17) is 9.73 Å². The Hall–Kier alpha value is -2.45. The molecule has 0 aliphatic carbocycles. The maximum Gasteiger partial charge on any atom is 0.191 e. The number of nitrogens with one attached hydrogen (secondary N) is 3. The fourth-order valence-corrected chi connectivity index (χ4v) is 4.72. The summed E-state index contributed by atoms with van der Waals surface area (Å²) in [6.07, 6.45) is 4.02. The van der Waals surface area contributed by atoms with E-state index >= 15 is 0 Å². The normalized spacial score (nSPS) is 21.6. The average molecular weight is 440 g/mol. The molecule has 2 atom stereocenters. The molecule has 2 aliphatic heterocycles. The number of benzene rings is 1. The van der Waals surface area contributed by atoms with Gasteiger partial charge in [0, 0.05) is 37.9 Å². The maximum atomic E-state index is 5.69. The second kappa shape index (κ2) is 10.4. The summed E-state index contributed by atoms with van der Waals surface area (Å²) in [6.45, 7) is 10.3. The molecule has 1 saturated heterocycles. The minimum absolute atomic E-state index is 0.0843. The number of nitrogens with zero attached hydrogens (tertiary/aromatic N) is 4. The summed E-state index contributed by atoms with van der Waals surface area (Å²) in [5, 5.41) is 15.5. The lowest BCUT2D eigenvalue weighted by atomic mass is 9.88. The number of ether oxygens (including phenoxy) is 1. The third-order valence-electron chi connectivity index (χ3n) is 6.45. The van der Waals surface area contributed by atoms with Crippen molar-refractivity contribution in [2.75, 3.05) is 26.3 Å². The number of guanidine groups is 1. The molecule has 32 heavy (non-hydrogen) atoms. The van der Waals surface area contributed by atoms with Gasteiger partial charge in [0.15, 0.2) is 5.96 Å². The van der Waals surface area contributed by atoms with Crippen molar-refractivity contribution < 1.29 is 4.74 Å². The predicted molar refractivity (Wildman–Crippen MR) is 127 cm³/mol. The maximum absolute atomic E-state index is 5.69. The standard InChI is InChI=1S/C24H37N7O/c1-4-25-23(28-21-11-8-14-31-22(21)27-19(3)30-31)26-17-24(12-15-32-16-13-24)29-18(2)20-9-6-5-7-10-20/h5-7,9-10,18,21,29H,4,8,11-17H2,1-3H3,(H2,25,26,28). The van der Waals surface area contributed by atoms with Gasteiger partial charge >= 0.3 is 0 Å². The second-order valence-corrected chi connectivity index (χ2v) is 8.94. The number of hydrogen-bond acceptors (Lipinski definition) is 5. The summed E-state index contributed by atoms with van der Waals surface area (Å²) < 4.78 is 7.72. The number of aromatic nitrogens is 3. The minimum atomic E-state index is -0.0843.